The van der Waals surface area contributed by atoms with E-state index in [1.807, 2.05) is 19.9 Å². The van der Waals surface area contributed by atoms with Gasteiger partial charge in [-0.1, -0.05) is 11.6 Å². The van der Waals surface area contributed by atoms with Crippen LogP contribution in [0.2, 0.25) is 0 Å². The Morgan fingerprint density at radius 3 is 2.68 bits per heavy atom. The molecule has 0 amide bonds. The zero-order chi connectivity index (χ0) is 20.4. The Morgan fingerprint density at radius 1 is 1.32 bits per heavy atom. The predicted molar refractivity (Wildman–Crippen MR) is 100 cm³/mol. The lowest BCUT2D eigenvalue weighted by Gasteiger charge is -2.17. The highest BCUT2D eigenvalue weighted by atomic mass is 16.6. The number of hydrogen-bond acceptors (Lipinski definition) is 9. The summed E-state index contributed by atoms with van der Waals surface area (Å²) in [6.07, 6.45) is 0.190. The molecule has 11 nitrogen and oxygen atoms in total. The van der Waals surface area contributed by atoms with Crippen molar-refractivity contribution in [3.8, 4) is 0 Å². The van der Waals surface area contributed by atoms with Gasteiger partial charge in [0.05, 0.1) is 12.0 Å². The summed E-state index contributed by atoms with van der Waals surface area (Å²) < 4.78 is 7.03. The maximum absolute atomic E-state index is 10.4. The summed E-state index contributed by atoms with van der Waals surface area (Å²) in [6.45, 7) is 3.96. The fourth-order valence-corrected chi connectivity index (χ4v) is 3.12. The number of rotatable bonds is 6. The lowest BCUT2D eigenvalue weighted by Crippen LogP contribution is -2.33. The number of nitrogens with one attached hydrogen (secondary N) is 3. The van der Waals surface area contributed by atoms with E-state index in [4.69, 9.17) is 10.1 Å². The van der Waals surface area contributed by atoms with Crippen molar-refractivity contribution in [2.45, 2.75) is 38.4 Å². The Morgan fingerprint density at radius 2 is 2.07 bits per heavy atom. The van der Waals surface area contributed by atoms with Gasteiger partial charge in [0, 0.05) is 18.3 Å². The van der Waals surface area contributed by atoms with Gasteiger partial charge in [0.25, 0.3) is 0 Å². The van der Waals surface area contributed by atoms with Gasteiger partial charge in [-0.05, 0) is 13.8 Å². The largest absolute Gasteiger partial charge is 0.394 e. The van der Waals surface area contributed by atoms with Crippen LogP contribution in [0.4, 0.5) is 5.82 Å². The van der Waals surface area contributed by atoms with E-state index in [0.29, 0.717) is 23.4 Å². The molecule has 3 rings (SSSR count). The minimum atomic E-state index is -1.31. The summed E-state index contributed by atoms with van der Waals surface area (Å²) in [6, 6.07) is 0. The van der Waals surface area contributed by atoms with Crippen molar-refractivity contribution in [3.05, 3.63) is 29.7 Å². The van der Waals surface area contributed by atoms with Gasteiger partial charge in [-0.2, -0.15) is 0 Å². The molecule has 152 valence electrons. The molecule has 11 heteroatoms. The zero-order valence-electron chi connectivity index (χ0n) is 15.5. The number of ether oxygens (including phenoxy) is 1. The lowest BCUT2D eigenvalue weighted by atomic mass is 10.1. The highest BCUT2D eigenvalue weighted by molar-refractivity contribution is 6.10. The average Bonchev–Trinajstić information content (AvgIpc) is 3.20. The van der Waals surface area contributed by atoms with Crippen LogP contribution in [0.1, 0.15) is 25.6 Å². The zero-order valence-corrected chi connectivity index (χ0v) is 15.5. The summed E-state index contributed by atoms with van der Waals surface area (Å²) in [7, 11) is 0. The third kappa shape index (κ3) is 3.57. The molecule has 0 bridgehead atoms. The Balaban J connectivity index is 2.10. The van der Waals surface area contributed by atoms with E-state index < -0.39 is 31.1 Å². The van der Waals surface area contributed by atoms with E-state index >= 15 is 0 Å². The smallest absolute Gasteiger partial charge is 0.164 e. The van der Waals surface area contributed by atoms with E-state index in [1.165, 1.54) is 17.1 Å². The van der Waals surface area contributed by atoms with E-state index in [1.54, 1.807) is 5.48 Å². The van der Waals surface area contributed by atoms with Crippen molar-refractivity contribution in [2.75, 3.05) is 18.5 Å². The molecule has 0 aliphatic carbocycles. The van der Waals surface area contributed by atoms with E-state index in [2.05, 4.69) is 15.3 Å². The summed E-state index contributed by atoms with van der Waals surface area (Å²) in [5.41, 5.74) is 3.52. The number of hydroxylamine groups is 1. The molecule has 0 saturated carbocycles. The molecule has 1 fully saturated rings. The minimum absolute atomic E-state index is 0.274. The molecule has 0 aromatic carbocycles. The third-order valence-electron chi connectivity index (χ3n) is 4.56. The predicted octanol–water partition coefficient (Wildman–Crippen LogP) is -0.275. The minimum Gasteiger partial charge on any atom is -0.394 e. The van der Waals surface area contributed by atoms with Crippen molar-refractivity contribution >= 4 is 22.7 Å². The van der Waals surface area contributed by atoms with Gasteiger partial charge in [0.15, 0.2) is 12.1 Å². The maximum atomic E-state index is 10.4. The summed E-state index contributed by atoms with van der Waals surface area (Å²) in [5, 5.41) is 50.5. The van der Waals surface area contributed by atoms with Gasteiger partial charge < -0.3 is 29.9 Å². The second-order valence-corrected chi connectivity index (χ2v) is 6.75. The first kappa shape index (κ1) is 20.2. The second-order valence-electron chi connectivity index (χ2n) is 6.75. The van der Waals surface area contributed by atoms with Crippen molar-refractivity contribution in [1.82, 2.24) is 20.0 Å². The number of amidine groups is 1. The number of nitrogens with zero attached hydrogens (tertiary/aromatic N) is 3. The van der Waals surface area contributed by atoms with Gasteiger partial charge in [0.1, 0.15) is 36.1 Å². The molecule has 4 atom stereocenters. The number of fused-ring (bicyclic) bond motifs is 1. The molecule has 1 aliphatic heterocycles. The van der Waals surface area contributed by atoms with Gasteiger partial charge in [0.2, 0.25) is 0 Å². The molecule has 2 aromatic rings. The van der Waals surface area contributed by atoms with Crippen molar-refractivity contribution in [2.24, 2.45) is 0 Å². The van der Waals surface area contributed by atoms with Crippen LogP contribution in [0.3, 0.4) is 0 Å². The Bertz CT molecular complexity index is 894. The maximum Gasteiger partial charge on any atom is 0.164 e. The number of anilines is 1. The Kier molecular flexibility index (Phi) is 5.91. The Labute approximate surface area is 160 Å². The van der Waals surface area contributed by atoms with E-state index in [9.17, 15) is 20.5 Å². The van der Waals surface area contributed by atoms with Gasteiger partial charge in [-0.3, -0.25) is 16.1 Å². The normalized spacial score (nSPS) is 24.4. The molecule has 1 saturated heterocycles. The quantitative estimate of drug-likeness (QED) is 0.151. The molecule has 1 aliphatic rings. The van der Waals surface area contributed by atoms with Gasteiger partial charge in [-0.15, -0.1) is 0 Å². The monoisotopic (exact) mass is 392 g/mol. The van der Waals surface area contributed by atoms with Crippen molar-refractivity contribution < 1.29 is 25.3 Å². The number of hydrogen-bond donors (Lipinski definition) is 7. The molecule has 7 N–H and O–H groups in total. The highest BCUT2D eigenvalue weighted by Crippen LogP contribution is 2.35. The van der Waals surface area contributed by atoms with Gasteiger partial charge >= 0.3 is 0 Å². The van der Waals surface area contributed by atoms with Crippen molar-refractivity contribution in [1.29, 1.82) is 5.41 Å². The molecular formula is C17H24N6O5. The summed E-state index contributed by atoms with van der Waals surface area (Å²) in [5.74, 6) is 0.138. The number of aromatic nitrogens is 3. The number of allylic oxidation sites excluding steroid dienone is 1. The topological polar surface area (TPSA) is 169 Å². The van der Waals surface area contributed by atoms with E-state index in [0.717, 1.165) is 5.57 Å². The van der Waals surface area contributed by atoms with Crippen LogP contribution in [0.15, 0.2) is 24.2 Å². The van der Waals surface area contributed by atoms with Crippen LogP contribution in [-0.4, -0.2) is 72.4 Å². The standard InChI is InChI=1S/C17H24N6O5/c1-8(2)3-4-19-15-11-9(14(18)22-27)5-23(16(11)21-7-20-15)17-13(26)12(25)10(6-24)28-17/h3,5,7,10,12-13,17,24-27H,4,6H2,1-2H3,(H2,18,22)(H,19,20,21)/t10?,12?,13-,17+/m0/s1. The first-order valence-corrected chi connectivity index (χ1v) is 8.73. The SMILES string of the molecule is CC(C)=CCNc1ncnc2c1c(C(=N)NO)cn2[C@@H]1OC(CO)C(O)[C@@H]1O. The molecule has 0 spiro atoms. The molecule has 0 radical (unpaired) electrons. The Hall–Kier alpha value is -2.57. The second kappa shape index (κ2) is 8.20. The van der Waals surface area contributed by atoms with E-state index in [-0.39, 0.29) is 11.4 Å². The van der Waals surface area contributed by atoms with Crippen LogP contribution < -0.4 is 10.8 Å². The molecule has 2 unspecified atom stereocenters. The lowest BCUT2D eigenvalue weighted by molar-refractivity contribution is -0.0508. The summed E-state index contributed by atoms with van der Waals surface area (Å²) >= 11 is 0. The number of aliphatic hydroxyl groups is 3. The van der Waals surface area contributed by atoms with Gasteiger partial charge in [-0.25, -0.2) is 9.97 Å². The highest BCUT2D eigenvalue weighted by Gasteiger charge is 2.44. The van der Waals surface area contributed by atoms with Crippen LogP contribution in [0.25, 0.3) is 11.0 Å². The third-order valence-corrected chi connectivity index (χ3v) is 4.56. The molecule has 3 heterocycles. The van der Waals surface area contributed by atoms with Crippen LogP contribution in [0, 0.1) is 5.41 Å². The van der Waals surface area contributed by atoms with Crippen LogP contribution >= 0.6 is 0 Å². The van der Waals surface area contributed by atoms with Crippen LogP contribution in [-0.2, 0) is 4.74 Å². The molecule has 2 aromatic heterocycles. The van der Waals surface area contributed by atoms with Crippen LogP contribution in [0.5, 0.6) is 0 Å². The summed E-state index contributed by atoms with van der Waals surface area (Å²) in [4.78, 5) is 8.45. The first-order chi connectivity index (χ1) is 13.4. The number of aliphatic hydroxyl groups excluding tert-OH is 3. The first-order valence-electron chi connectivity index (χ1n) is 8.73. The fourth-order valence-electron chi connectivity index (χ4n) is 3.12. The average molecular weight is 392 g/mol. The van der Waals surface area contributed by atoms with Crippen molar-refractivity contribution in [3.63, 3.8) is 0 Å². The molecular weight excluding hydrogens is 368 g/mol. The fraction of sp³-hybridized carbons (Fsp3) is 0.471. The molecule has 28 heavy (non-hydrogen) atoms.